The maximum Gasteiger partial charge on any atom is 0.417 e. The van der Waals surface area contributed by atoms with Crippen molar-refractivity contribution in [2.45, 2.75) is 57.4 Å². The van der Waals surface area contributed by atoms with Gasteiger partial charge in [0.1, 0.15) is 5.75 Å². The number of unbranched alkanes of at least 4 members (excludes halogenated alkanes) is 1. The van der Waals surface area contributed by atoms with E-state index in [9.17, 15) is 9.59 Å². The summed E-state index contributed by atoms with van der Waals surface area (Å²) < 4.78 is 10.7. The number of benzene rings is 1. The summed E-state index contributed by atoms with van der Waals surface area (Å²) in [5.41, 5.74) is 2.46. The van der Waals surface area contributed by atoms with Gasteiger partial charge in [-0.1, -0.05) is 6.07 Å². The molecule has 2 aliphatic rings. The maximum atomic E-state index is 12.1. The molecule has 1 heterocycles. The van der Waals surface area contributed by atoms with Gasteiger partial charge in [-0.15, -0.1) is 11.6 Å². The first kappa shape index (κ1) is 19.0. The van der Waals surface area contributed by atoms with E-state index in [4.69, 9.17) is 21.1 Å². The number of esters is 1. The fourth-order valence-electron chi connectivity index (χ4n) is 3.72. The smallest absolute Gasteiger partial charge is 0.417 e. The Hall–Kier alpha value is -1.75. The second kappa shape index (κ2) is 8.30. The third-order valence-electron chi connectivity index (χ3n) is 5.42. The van der Waals surface area contributed by atoms with E-state index in [-0.39, 0.29) is 17.3 Å². The molecule has 1 amide bonds. The van der Waals surface area contributed by atoms with Crippen LogP contribution in [0, 0.1) is 19.8 Å². The highest BCUT2D eigenvalue weighted by Gasteiger charge is 2.45. The molecular formula is C20H26ClNO4. The van der Waals surface area contributed by atoms with Crippen LogP contribution < -0.4 is 4.74 Å². The molecular weight excluding hydrogens is 354 g/mol. The SMILES string of the molecule is Cc1ccc(OCCCCN2C(=O)OC(=O)C3CC(Cl)CCC32)cc1C. The van der Waals surface area contributed by atoms with Crippen molar-refractivity contribution < 1.29 is 19.1 Å². The highest BCUT2D eigenvalue weighted by molar-refractivity contribution is 6.20. The molecule has 1 saturated carbocycles. The van der Waals surface area contributed by atoms with E-state index in [0.29, 0.717) is 19.6 Å². The van der Waals surface area contributed by atoms with Crippen molar-refractivity contribution in [2.24, 2.45) is 5.92 Å². The Morgan fingerprint density at radius 2 is 2.00 bits per heavy atom. The van der Waals surface area contributed by atoms with Crippen LogP contribution in [-0.4, -0.2) is 41.5 Å². The Kier molecular flexibility index (Phi) is 6.07. The fraction of sp³-hybridized carbons (Fsp3) is 0.600. The summed E-state index contributed by atoms with van der Waals surface area (Å²) in [6.07, 6.45) is 3.31. The lowest BCUT2D eigenvalue weighted by Crippen LogP contribution is -2.55. The number of carbonyl (C=O) groups is 2. The summed E-state index contributed by atoms with van der Waals surface area (Å²) in [6, 6.07) is 6.00. The van der Waals surface area contributed by atoms with Crippen LogP contribution in [0.25, 0.3) is 0 Å². The van der Waals surface area contributed by atoms with Gasteiger partial charge in [0.05, 0.1) is 12.5 Å². The molecule has 0 aromatic heterocycles. The van der Waals surface area contributed by atoms with Gasteiger partial charge in [-0.3, -0.25) is 4.79 Å². The summed E-state index contributed by atoms with van der Waals surface area (Å²) in [6.45, 7) is 5.32. The van der Waals surface area contributed by atoms with E-state index < -0.39 is 12.1 Å². The van der Waals surface area contributed by atoms with Crippen LogP contribution in [0.15, 0.2) is 18.2 Å². The van der Waals surface area contributed by atoms with Gasteiger partial charge >= 0.3 is 12.1 Å². The van der Waals surface area contributed by atoms with E-state index in [2.05, 4.69) is 19.9 Å². The van der Waals surface area contributed by atoms with Crippen LogP contribution in [0.5, 0.6) is 5.75 Å². The Morgan fingerprint density at radius 1 is 1.19 bits per heavy atom. The molecule has 0 bridgehead atoms. The molecule has 6 heteroatoms. The number of amides is 1. The van der Waals surface area contributed by atoms with Crippen molar-refractivity contribution >= 4 is 23.7 Å². The number of cyclic esters (lactones) is 2. The standard InChI is InChI=1S/C20H26ClNO4/c1-13-5-7-16(11-14(13)2)25-10-4-3-9-22-18-8-6-15(21)12-17(18)19(23)26-20(22)24/h5,7,11,15,17-18H,3-4,6,8-10,12H2,1-2H3. The molecule has 1 saturated heterocycles. The molecule has 3 unspecified atom stereocenters. The minimum atomic E-state index is -0.514. The van der Waals surface area contributed by atoms with E-state index in [1.807, 2.05) is 12.1 Å². The van der Waals surface area contributed by atoms with Gasteiger partial charge in [-0.25, -0.2) is 4.79 Å². The number of ether oxygens (including phenoxy) is 2. The number of alkyl halides is 1. The zero-order valence-electron chi connectivity index (χ0n) is 15.4. The van der Waals surface area contributed by atoms with Gasteiger partial charge < -0.3 is 14.4 Å². The Bertz CT molecular complexity index is 678. The van der Waals surface area contributed by atoms with Crippen molar-refractivity contribution in [1.29, 1.82) is 0 Å². The highest BCUT2D eigenvalue weighted by Crippen LogP contribution is 2.35. The molecule has 2 fully saturated rings. The highest BCUT2D eigenvalue weighted by atomic mass is 35.5. The van der Waals surface area contributed by atoms with Gasteiger partial charge in [0.15, 0.2) is 0 Å². The number of halogens is 1. The average Bonchev–Trinajstić information content (AvgIpc) is 2.60. The summed E-state index contributed by atoms with van der Waals surface area (Å²) in [5.74, 6) is 0.173. The summed E-state index contributed by atoms with van der Waals surface area (Å²) in [4.78, 5) is 25.8. The van der Waals surface area contributed by atoms with Gasteiger partial charge in [0.25, 0.3) is 0 Å². The van der Waals surface area contributed by atoms with Crippen molar-refractivity contribution in [3.63, 3.8) is 0 Å². The average molecular weight is 380 g/mol. The Morgan fingerprint density at radius 3 is 2.77 bits per heavy atom. The van der Waals surface area contributed by atoms with Gasteiger partial charge in [-0.05, 0) is 69.2 Å². The monoisotopic (exact) mass is 379 g/mol. The lowest BCUT2D eigenvalue weighted by Gasteiger charge is -2.42. The number of hydrogen-bond acceptors (Lipinski definition) is 4. The lowest BCUT2D eigenvalue weighted by molar-refractivity contribution is -0.152. The second-order valence-corrected chi connectivity index (χ2v) is 7.88. The molecule has 5 nitrogen and oxygen atoms in total. The summed E-state index contributed by atoms with van der Waals surface area (Å²) in [7, 11) is 0. The molecule has 3 atom stereocenters. The van der Waals surface area contributed by atoms with Crippen molar-refractivity contribution in [3.8, 4) is 5.75 Å². The third-order valence-corrected chi connectivity index (χ3v) is 5.81. The van der Waals surface area contributed by atoms with E-state index in [1.165, 1.54) is 11.1 Å². The minimum Gasteiger partial charge on any atom is -0.494 e. The van der Waals surface area contributed by atoms with Crippen LogP contribution >= 0.6 is 11.6 Å². The van der Waals surface area contributed by atoms with E-state index >= 15 is 0 Å². The molecule has 1 aromatic rings. The molecule has 0 N–H and O–H groups in total. The zero-order chi connectivity index (χ0) is 18.7. The molecule has 142 valence electrons. The topological polar surface area (TPSA) is 55.8 Å². The van der Waals surface area contributed by atoms with Crippen molar-refractivity contribution in [2.75, 3.05) is 13.2 Å². The summed E-state index contributed by atoms with van der Waals surface area (Å²) in [5, 5.41) is -0.00906. The molecule has 0 spiro atoms. The van der Waals surface area contributed by atoms with Gasteiger partial charge in [-0.2, -0.15) is 0 Å². The predicted molar refractivity (Wildman–Crippen MR) is 99.6 cm³/mol. The Labute approximate surface area is 159 Å². The largest absolute Gasteiger partial charge is 0.494 e. The van der Waals surface area contributed by atoms with E-state index in [1.54, 1.807) is 4.90 Å². The molecule has 3 rings (SSSR count). The first-order valence-corrected chi connectivity index (χ1v) is 9.76. The van der Waals surface area contributed by atoms with Crippen molar-refractivity contribution in [1.82, 2.24) is 4.90 Å². The van der Waals surface area contributed by atoms with Crippen LogP contribution in [-0.2, 0) is 9.53 Å². The number of hydrogen-bond donors (Lipinski definition) is 0. The first-order valence-electron chi connectivity index (χ1n) is 9.32. The fourth-order valence-corrected chi connectivity index (χ4v) is 4.04. The normalized spacial score (nSPS) is 25.7. The molecule has 0 radical (unpaired) electrons. The van der Waals surface area contributed by atoms with Gasteiger partial charge in [0.2, 0.25) is 0 Å². The number of carbonyl (C=O) groups excluding carboxylic acids is 2. The lowest BCUT2D eigenvalue weighted by atomic mass is 9.82. The molecule has 1 aliphatic carbocycles. The first-order chi connectivity index (χ1) is 12.5. The number of aryl methyl sites for hydroxylation is 2. The minimum absolute atomic E-state index is 0.00906. The van der Waals surface area contributed by atoms with E-state index in [0.717, 1.165) is 31.4 Å². The van der Waals surface area contributed by atoms with Crippen LogP contribution in [0.3, 0.4) is 0 Å². The number of fused-ring (bicyclic) bond motifs is 1. The molecule has 1 aromatic carbocycles. The van der Waals surface area contributed by atoms with Crippen LogP contribution in [0.4, 0.5) is 4.79 Å². The predicted octanol–water partition coefficient (Wildman–Crippen LogP) is 4.22. The Balaban J connectivity index is 1.46. The second-order valence-electron chi connectivity index (χ2n) is 7.27. The molecule has 26 heavy (non-hydrogen) atoms. The molecule has 1 aliphatic heterocycles. The zero-order valence-corrected chi connectivity index (χ0v) is 16.1. The van der Waals surface area contributed by atoms with Crippen LogP contribution in [0.1, 0.15) is 43.2 Å². The van der Waals surface area contributed by atoms with Gasteiger partial charge in [0, 0.05) is 18.0 Å². The van der Waals surface area contributed by atoms with Crippen molar-refractivity contribution in [3.05, 3.63) is 29.3 Å². The number of nitrogens with zero attached hydrogens (tertiary/aromatic N) is 1. The quantitative estimate of drug-likeness (QED) is 0.321. The summed E-state index contributed by atoms with van der Waals surface area (Å²) >= 11 is 6.18. The van der Waals surface area contributed by atoms with Crippen LogP contribution in [0.2, 0.25) is 0 Å². The number of rotatable bonds is 6. The maximum absolute atomic E-state index is 12.1. The third kappa shape index (κ3) is 4.32.